The largest absolute Gasteiger partial charge is 1.00 e. The third-order valence-corrected chi connectivity index (χ3v) is 16.8. The van der Waals surface area contributed by atoms with E-state index in [1.807, 2.05) is 38.1 Å². The van der Waals surface area contributed by atoms with Crippen molar-refractivity contribution in [3.63, 3.8) is 0 Å². The molecule has 1 aromatic heterocycles. The molecule has 0 saturated carbocycles. The second-order valence-corrected chi connectivity index (χ2v) is 23.5. The molecule has 33 heteroatoms. The number of ether oxygens (including phenoxy) is 1. The molecule has 4 aromatic rings. The zero-order valence-electron chi connectivity index (χ0n) is 48.9. The van der Waals surface area contributed by atoms with Gasteiger partial charge in [-0.25, -0.2) is 6.57 Å². The average Bonchev–Trinajstić information content (AvgIpc) is 2.85. The number of nitrogens with one attached hydrogen (secondary N) is 5. The minimum Gasteiger partial charge on any atom is -0.691 e. The Morgan fingerprint density at radius 3 is 2.04 bits per heavy atom. The van der Waals surface area contributed by atoms with Crippen molar-refractivity contribution in [2.75, 3.05) is 44.2 Å². The van der Waals surface area contributed by atoms with Crippen molar-refractivity contribution in [2.24, 2.45) is 5.92 Å². The molecule has 3 aromatic carbocycles. The smallest absolute Gasteiger partial charge is 0.691 e. The molecule has 0 bridgehead atoms. The molecule has 4 aliphatic heterocycles. The number of benzene rings is 3. The maximum absolute atomic E-state index is 14.6. The number of hydrogen-bond acceptors (Lipinski definition) is 24. The van der Waals surface area contributed by atoms with Crippen molar-refractivity contribution in [3.8, 4) is 32.6 Å². The zero-order valence-corrected chi connectivity index (χ0v) is 52.5. The van der Waals surface area contributed by atoms with Gasteiger partial charge in [0, 0.05) is 80.3 Å². The summed E-state index contributed by atoms with van der Waals surface area (Å²) in [7, 11) is 0. The molecule has 12 N–H and O–H groups in total. The number of rotatable bonds is 15. The Hall–Kier alpha value is -6.65. The number of carbonyl (C=O) groups excluding carboxylic acids is 7. The molecule has 89 heavy (non-hydrogen) atoms. The summed E-state index contributed by atoms with van der Waals surface area (Å²) in [6, 6.07) is 6.09. The van der Waals surface area contributed by atoms with Crippen LogP contribution in [0.4, 0.5) is 5.69 Å². The molecule has 0 aliphatic carbocycles. The molecule has 0 spiro atoms. The normalized spacial score (nSPS) is 27.6. The van der Waals surface area contributed by atoms with Crippen LogP contribution in [0.25, 0.3) is 26.0 Å². The van der Waals surface area contributed by atoms with E-state index in [1.165, 1.54) is 36.5 Å². The number of morpholine rings is 1. The van der Waals surface area contributed by atoms with Crippen LogP contribution in [0.1, 0.15) is 56.5 Å². The summed E-state index contributed by atoms with van der Waals surface area (Å²) >= 11 is 1.32. The molecule has 0 unspecified atom stereocenters. The Bertz CT molecular complexity index is 3190. The van der Waals surface area contributed by atoms with Gasteiger partial charge in [0.15, 0.2) is 17.6 Å². The number of carbonyl (C=O) groups is 7. The van der Waals surface area contributed by atoms with Crippen LogP contribution in [0.2, 0.25) is 0 Å². The molecular weight excluding hydrogens is 1220 g/mol. The summed E-state index contributed by atoms with van der Waals surface area (Å²) in [6.07, 6.45) is -12.2. The summed E-state index contributed by atoms with van der Waals surface area (Å²) in [4.78, 5) is 108. The van der Waals surface area contributed by atoms with E-state index in [0.29, 0.717) is 15.6 Å². The Morgan fingerprint density at radius 1 is 0.798 bits per heavy atom. The number of anilines is 1. The third kappa shape index (κ3) is 17.2. The van der Waals surface area contributed by atoms with Gasteiger partial charge >= 0.3 is 29.6 Å². The fraction of sp³-hybridized carbons (Fsp3) is 0.500. The molecule has 4 aliphatic rings. The number of aliphatic hydroxyl groups is 6. The van der Waals surface area contributed by atoms with E-state index in [-0.39, 0.29) is 77.5 Å². The Balaban J connectivity index is 0.0000113. The van der Waals surface area contributed by atoms with Gasteiger partial charge in [0.25, 0.3) is 18.2 Å². The first-order valence-corrected chi connectivity index (χ1v) is 29.5. The molecule has 8 rings (SSSR count). The Morgan fingerprint density at radius 2 is 1.42 bits per heavy atom. The third-order valence-electron chi connectivity index (χ3n) is 15.4. The number of aliphatic hydroxyl groups excluding tert-OH is 6. The summed E-state index contributed by atoms with van der Waals surface area (Å²) in [5.41, 5.74) is 2.58. The number of fused-ring (bicyclic) bond motifs is 2. The molecule has 5 heterocycles. The Labute approximate surface area is 540 Å². The van der Waals surface area contributed by atoms with Gasteiger partial charge in [-0.2, -0.15) is 0 Å². The van der Waals surface area contributed by atoms with Crippen LogP contribution in [-0.4, -0.2) is 221 Å². The van der Waals surface area contributed by atoms with Gasteiger partial charge in [0.2, 0.25) is 42.0 Å². The van der Waals surface area contributed by atoms with E-state index >= 15 is 0 Å². The van der Waals surface area contributed by atoms with Crippen LogP contribution >= 0.6 is 23.7 Å². The zero-order chi connectivity index (χ0) is 63.7. The number of hydrogen-bond donors (Lipinski definition) is 12. The molecule has 4 fully saturated rings. The van der Waals surface area contributed by atoms with Crippen molar-refractivity contribution in [2.45, 2.75) is 132 Å². The van der Waals surface area contributed by atoms with Gasteiger partial charge in [-0.15, -0.1) is 14.5 Å². The van der Waals surface area contributed by atoms with E-state index in [4.69, 9.17) is 15.5 Å². The quantitative estimate of drug-likeness (QED) is 0.0132. The van der Waals surface area contributed by atoms with Crippen LogP contribution in [0.15, 0.2) is 66.7 Å². The number of aromatic nitrogens is 2. The standard InChI is InChI=1S/C56H69N11O19S2.Na/c1-26-22-67-46(47(26)74)52(79)58-20-35(69)18-37(59-48(75)31-7-9-32(10-8-31)53-63-64-54(87-53)33-11-13-34(14-12-33)65-23-27(2)83-28(3)24-65)49(76)60-43(29(4)68)55(80)66-25-36(70)19-38(66)50(77)61-44(51(78)62-45(56(67)81)41(73)21-57-5)40(72)16-30-6-15-39(71)42(17-30)84-88-86-85-82;/h6-15,17,26-29,35-38,40-41,43-47,68-74,82H,16,18-25H2,1-4H3,(H,58,79)(H,59,75)(H,60,76)(H,61,77)(H,62,78);/q;+1/p-1/t26-,27-,28+,29+,35+,36+,37+,38+,40-,41-,43+,44+,45+,46+,47+;/m1./s1. The van der Waals surface area contributed by atoms with Crippen LogP contribution in [0, 0.1) is 12.5 Å². The summed E-state index contributed by atoms with van der Waals surface area (Å²) in [6.45, 7) is 13.2. The number of β-amino-alcohol motifs (C(OH)–C–C–N with tert-alkyl or cyclic N) is 1. The second-order valence-electron chi connectivity index (χ2n) is 22.1. The predicted molar refractivity (Wildman–Crippen MR) is 308 cm³/mol. The molecule has 0 radical (unpaired) electrons. The number of phenols is 1. The minimum atomic E-state index is -2.16. The first-order valence-electron chi connectivity index (χ1n) is 28.0. The Kier molecular flexibility index (Phi) is 24.6. The van der Waals surface area contributed by atoms with Gasteiger partial charge < -0.3 is 96.1 Å². The first-order chi connectivity index (χ1) is 41.9. The van der Waals surface area contributed by atoms with Gasteiger partial charge in [-0.3, -0.25) is 38.6 Å². The van der Waals surface area contributed by atoms with Gasteiger partial charge in [-0.05, 0) is 74.9 Å². The fourth-order valence-corrected chi connectivity index (χ4v) is 12.1. The first kappa shape index (κ1) is 69.8. The van der Waals surface area contributed by atoms with Crippen LogP contribution in [0.3, 0.4) is 0 Å². The van der Waals surface area contributed by atoms with Crippen molar-refractivity contribution in [1.82, 2.24) is 46.6 Å². The predicted octanol–water partition coefficient (Wildman–Crippen LogP) is -5.77. The minimum absolute atomic E-state index is 0. The van der Waals surface area contributed by atoms with Crippen LogP contribution < -0.4 is 70.5 Å². The number of phenolic OH excluding ortho intramolecular Hbond substituents is 1. The number of nitrogens with zero attached hydrogens (tertiary/aromatic N) is 6. The average molecular weight is 1290 g/mol. The van der Waals surface area contributed by atoms with E-state index in [9.17, 15) is 74.6 Å². The molecule has 474 valence electrons. The van der Waals surface area contributed by atoms with Crippen LogP contribution in [-0.2, 0) is 49.3 Å². The van der Waals surface area contributed by atoms with E-state index < -0.39 is 165 Å². The van der Waals surface area contributed by atoms with Gasteiger partial charge in [0.1, 0.15) is 46.3 Å². The second kappa shape index (κ2) is 31.4. The summed E-state index contributed by atoms with van der Waals surface area (Å²) in [5, 5.41) is 114. The molecular formula is C56H68N11NaO19S2. The molecule has 7 amide bonds. The van der Waals surface area contributed by atoms with Crippen molar-refractivity contribution in [3.05, 3.63) is 89.3 Å². The summed E-state index contributed by atoms with van der Waals surface area (Å²) < 4.78 is 15.0. The maximum Gasteiger partial charge on any atom is 1.00 e. The van der Waals surface area contributed by atoms with E-state index in [1.54, 1.807) is 12.1 Å². The van der Waals surface area contributed by atoms with Crippen molar-refractivity contribution < 1.29 is 122 Å². The van der Waals surface area contributed by atoms with E-state index in [2.05, 4.69) is 55.9 Å². The van der Waals surface area contributed by atoms with Crippen molar-refractivity contribution in [1.29, 1.82) is 0 Å². The fourth-order valence-electron chi connectivity index (χ4n) is 11.0. The van der Waals surface area contributed by atoms with Gasteiger partial charge in [0.05, 0.1) is 42.7 Å². The summed E-state index contributed by atoms with van der Waals surface area (Å²) in [5.74, 6) is -9.71. The SMILES string of the molecule is [C-]#[N+]C[C@@H](O)[C@@H]1NC(=O)[C@H]([C@H](O)Cc2ccc(O)c(OSOO[O-])c2)NC(=O)[C@@H]2C[C@H](O)CN2C(=O)[C@H]([C@H](C)O)NC(=O)[C@@H](NC(=O)c2ccc(-c3nnc(-c4ccc(N5C[C@@H](C)O[C@@H](C)C5)cc4)s3)cc2)C[C@H](O)CNC(=O)[C@@H]2[C@@H](O)[C@H](C)CN2C1=O.[Na+]. The molecule has 15 atom stereocenters. The monoisotopic (exact) mass is 1290 g/mol. The topological polar surface area (TPSA) is 421 Å². The number of amides is 7. The number of aromatic hydroxyl groups is 1. The van der Waals surface area contributed by atoms with Crippen LogP contribution in [0.5, 0.6) is 11.5 Å². The van der Waals surface area contributed by atoms with E-state index in [0.717, 1.165) is 53.2 Å². The maximum atomic E-state index is 14.6. The molecule has 4 saturated heterocycles. The molecule has 30 nitrogen and oxygen atoms in total. The van der Waals surface area contributed by atoms with Gasteiger partial charge in [-0.1, -0.05) is 36.5 Å². The van der Waals surface area contributed by atoms with Crippen molar-refractivity contribution >= 4 is 70.7 Å².